The standard InChI is InChI=1S/C16H26BrNO/c1-5-14(6-2)18(10-12(3)4)11-13-7-8-16(19)15(17)9-13/h7-9,12,14,19H,5-6,10-11H2,1-4H3. The van der Waals surface area contributed by atoms with Crippen LogP contribution in [0.5, 0.6) is 5.75 Å². The molecule has 19 heavy (non-hydrogen) atoms. The molecule has 0 aliphatic carbocycles. The van der Waals surface area contributed by atoms with Crippen LogP contribution in [0.25, 0.3) is 0 Å². The van der Waals surface area contributed by atoms with Gasteiger partial charge in [0, 0.05) is 19.1 Å². The number of aromatic hydroxyl groups is 1. The van der Waals surface area contributed by atoms with Gasteiger partial charge in [-0.25, -0.2) is 0 Å². The zero-order valence-electron chi connectivity index (χ0n) is 12.5. The number of nitrogens with zero attached hydrogens (tertiary/aromatic N) is 1. The Bertz CT molecular complexity index is 388. The monoisotopic (exact) mass is 327 g/mol. The van der Waals surface area contributed by atoms with Crippen LogP contribution in [0.4, 0.5) is 0 Å². The first-order chi connectivity index (χ1) is 8.97. The number of halogens is 1. The van der Waals surface area contributed by atoms with Crippen LogP contribution < -0.4 is 0 Å². The average Bonchev–Trinajstić information content (AvgIpc) is 2.34. The van der Waals surface area contributed by atoms with Gasteiger partial charge in [0.25, 0.3) is 0 Å². The zero-order valence-corrected chi connectivity index (χ0v) is 14.1. The zero-order chi connectivity index (χ0) is 14.4. The summed E-state index contributed by atoms with van der Waals surface area (Å²) in [5, 5.41) is 9.56. The lowest BCUT2D eigenvalue weighted by atomic mass is 10.1. The van der Waals surface area contributed by atoms with Gasteiger partial charge in [0.15, 0.2) is 0 Å². The van der Waals surface area contributed by atoms with E-state index in [2.05, 4.69) is 48.5 Å². The number of benzene rings is 1. The van der Waals surface area contributed by atoms with E-state index in [1.165, 1.54) is 18.4 Å². The fraction of sp³-hybridized carbons (Fsp3) is 0.625. The van der Waals surface area contributed by atoms with Gasteiger partial charge in [-0.05, 0) is 52.4 Å². The maximum atomic E-state index is 9.56. The maximum Gasteiger partial charge on any atom is 0.129 e. The molecule has 3 heteroatoms. The molecule has 0 aliphatic rings. The third kappa shape index (κ3) is 5.15. The van der Waals surface area contributed by atoms with Gasteiger partial charge in [-0.3, -0.25) is 4.90 Å². The van der Waals surface area contributed by atoms with Crippen molar-refractivity contribution in [3.05, 3.63) is 28.2 Å². The number of hydrogen-bond acceptors (Lipinski definition) is 2. The summed E-state index contributed by atoms with van der Waals surface area (Å²) in [6, 6.07) is 6.43. The molecular formula is C16H26BrNO. The van der Waals surface area contributed by atoms with Crippen LogP contribution in [0.15, 0.2) is 22.7 Å². The van der Waals surface area contributed by atoms with Crippen molar-refractivity contribution in [1.82, 2.24) is 4.90 Å². The molecule has 1 rings (SSSR count). The molecule has 2 nitrogen and oxygen atoms in total. The Morgan fingerprint density at radius 1 is 1.21 bits per heavy atom. The summed E-state index contributed by atoms with van der Waals surface area (Å²) in [5.74, 6) is 0.975. The van der Waals surface area contributed by atoms with E-state index in [4.69, 9.17) is 0 Å². The molecule has 1 N–H and O–H groups in total. The molecule has 0 bridgehead atoms. The van der Waals surface area contributed by atoms with E-state index in [1.807, 2.05) is 12.1 Å². The van der Waals surface area contributed by atoms with E-state index in [9.17, 15) is 5.11 Å². The Hall–Kier alpha value is -0.540. The highest BCUT2D eigenvalue weighted by Gasteiger charge is 2.17. The van der Waals surface area contributed by atoms with Crippen molar-refractivity contribution in [2.75, 3.05) is 6.54 Å². The molecule has 0 spiro atoms. The summed E-state index contributed by atoms with van der Waals surface area (Å²) >= 11 is 3.39. The van der Waals surface area contributed by atoms with Gasteiger partial charge in [0.1, 0.15) is 5.75 Å². The van der Waals surface area contributed by atoms with Gasteiger partial charge in [-0.15, -0.1) is 0 Å². The van der Waals surface area contributed by atoms with Crippen LogP contribution in [-0.2, 0) is 6.54 Å². The largest absolute Gasteiger partial charge is 0.507 e. The van der Waals surface area contributed by atoms with Gasteiger partial charge in [-0.2, -0.15) is 0 Å². The topological polar surface area (TPSA) is 23.5 Å². The third-order valence-corrected chi connectivity index (χ3v) is 4.09. The van der Waals surface area contributed by atoms with Gasteiger partial charge >= 0.3 is 0 Å². The van der Waals surface area contributed by atoms with E-state index in [0.717, 1.165) is 17.6 Å². The Morgan fingerprint density at radius 2 is 1.84 bits per heavy atom. The lowest BCUT2D eigenvalue weighted by Gasteiger charge is -2.32. The first kappa shape index (κ1) is 16.5. The summed E-state index contributed by atoms with van der Waals surface area (Å²) in [4.78, 5) is 2.56. The number of phenolic OH excluding ortho intramolecular Hbond substituents is 1. The highest BCUT2D eigenvalue weighted by molar-refractivity contribution is 9.10. The van der Waals surface area contributed by atoms with Crippen LogP contribution in [0, 0.1) is 5.92 Å². The first-order valence-electron chi connectivity index (χ1n) is 7.19. The number of phenols is 1. The fourth-order valence-electron chi connectivity index (χ4n) is 2.50. The molecule has 0 heterocycles. The van der Waals surface area contributed by atoms with Crippen molar-refractivity contribution >= 4 is 15.9 Å². The van der Waals surface area contributed by atoms with Crippen LogP contribution in [0.3, 0.4) is 0 Å². The van der Waals surface area contributed by atoms with Crippen molar-refractivity contribution < 1.29 is 5.11 Å². The summed E-state index contributed by atoms with van der Waals surface area (Å²) in [6.07, 6.45) is 2.37. The molecule has 0 fully saturated rings. The smallest absolute Gasteiger partial charge is 0.129 e. The van der Waals surface area contributed by atoms with E-state index in [0.29, 0.717) is 17.7 Å². The van der Waals surface area contributed by atoms with Gasteiger partial charge in [0.05, 0.1) is 4.47 Å². The molecule has 0 aromatic heterocycles. The third-order valence-electron chi connectivity index (χ3n) is 3.46. The Labute approximate surface area is 126 Å². The minimum absolute atomic E-state index is 0.307. The molecule has 0 saturated heterocycles. The first-order valence-corrected chi connectivity index (χ1v) is 7.98. The van der Waals surface area contributed by atoms with Crippen molar-refractivity contribution in [3.63, 3.8) is 0 Å². The van der Waals surface area contributed by atoms with Crippen LogP contribution in [0.1, 0.15) is 46.1 Å². The summed E-state index contributed by atoms with van der Waals surface area (Å²) < 4.78 is 0.777. The van der Waals surface area contributed by atoms with E-state index in [-0.39, 0.29) is 0 Å². The van der Waals surface area contributed by atoms with Crippen molar-refractivity contribution in [1.29, 1.82) is 0 Å². The van der Waals surface area contributed by atoms with Gasteiger partial charge < -0.3 is 5.11 Å². The normalized spacial score (nSPS) is 11.8. The molecular weight excluding hydrogens is 302 g/mol. The SMILES string of the molecule is CCC(CC)N(Cc1ccc(O)c(Br)c1)CC(C)C. The van der Waals surface area contributed by atoms with Gasteiger partial charge in [0.2, 0.25) is 0 Å². The lowest BCUT2D eigenvalue weighted by molar-refractivity contribution is 0.157. The molecule has 1 aromatic carbocycles. The molecule has 1 aromatic rings. The molecule has 108 valence electrons. The molecule has 0 aliphatic heterocycles. The molecule has 0 atom stereocenters. The second kappa shape index (κ2) is 7.91. The van der Waals surface area contributed by atoms with Crippen molar-refractivity contribution in [3.8, 4) is 5.75 Å². The van der Waals surface area contributed by atoms with Crippen LogP contribution >= 0.6 is 15.9 Å². The summed E-state index contributed by atoms with van der Waals surface area (Å²) in [7, 11) is 0. The minimum Gasteiger partial charge on any atom is -0.507 e. The minimum atomic E-state index is 0.307. The molecule has 0 radical (unpaired) electrons. The van der Waals surface area contributed by atoms with E-state index < -0.39 is 0 Å². The van der Waals surface area contributed by atoms with Crippen LogP contribution in [-0.4, -0.2) is 22.6 Å². The van der Waals surface area contributed by atoms with E-state index in [1.54, 1.807) is 6.07 Å². The lowest BCUT2D eigenvalue weighted by Crippen LogP contribution is -2.36. The second-order valence-corrected chi connectivity index (χ2v) is 6.43. The maximum absolute atomic E-state index is 9.56. The highest BCUT2D eigenvalue weighted by atomic mass is 79.9. The van der Waals surface area contributed by atoms with Crippen molar-refractivity contribution in [2.24, 2.45) is 5.92 Å². The van der Waals surface area contributed by atoms with Crippen molar-refractivity contribution in [2.45, 2.75) is 53.1 Å². The molecule has 0 amide bonds. The Balaban J connectivity index is 2.83. The van der Waals surface area contributed by atoms with Gasteiger partial charge in [-0.1, -0.05) is 33.8 Å². The predicted molar refractivity (Wildman–Crippen MR) is 85.4 cm³/mol. The molecule has 0 saturated carbocycles. The second-order valence-electron chi connectivity index (χ2n) is 5.58. The number of rotatable bonds is 7. The number of hydrogen-bond donors (Lipinski definition) is 1. The van der Waals surface area contributed by atoms with E-state index >= 15 is 0 Å². The van der Waals surface area contributed by atoms with Crippen LogP contribution in [0.2, 0.25) is 0 Å². The Kier molecular flexibility index (Phi) is 6.87. The molecule has 0 unspecified atom stereocenters. The quantitative estimate of drug-likeness (QED) is 0.777. The fourth-order valence-corrected chi connectivity index (χ4v) is 2.93. The Morgan fingerprint density at radius 3 is 2.32 bits per heavy atom. The average molecular weight is 328 g/mol. The predicted octanol–water partition coefficient (Wildman–Crippen LogP) is 4.80. The summed E-state index contributed by atoms with van der Waals surface area (Å²) in [5.41, 5.74) is 1.25. The highest BCUT2D eigenvalue weighted by Crippen LogP contribution is 2.25. The summed E-state index contributed by atoms with van der Waals surface area (Å²) in [6.45, 7) is 11.1.